The van der Waals surface area contributed by atoms with Crippen molar-refractivity contribution in [2.24, 2.45) is 0 Å². The van der Waals surface area contributed by atoms with Crippen LogP contribution in [0.2, 0.25) is 0 Å². The summed E-state index contributed by atoms with van der Waals surface area (Å²) in [4.78, 5) is 20.7. The monoisotopic (exact) mass is 371 g/mol. The summed E-state index contributed by atoms with van der Waals surface area (Å²) in [7, 11) is 1.59. The molecule has 0 atom stereocenters. The number of rotatable bonds is 4. The van der Waals surface area contributed by atoms with Gasteiger partial charge >= 0.3 is 0 Å². The first kappa shape index (κ1) is 17.8. The van der Waals surface area contributed by atoms with Crippen molar-refractivity contribution in [3.05, 3.63) is 77.4 Å². The second-order valence-corrected chi connectivity index (χ2v) is 6.85. The molecule has 1 amide bonds. The van der Waals surface area contributed by atoms with Crippen molar-refractivity contribution >= 4 is 22.6 Å². The third-order valence-electron chi connectivity index (χ3n) is 4.59. The number of carbonyl (C=O) groups excluding carboxylic acids is 1. The smallest absolute Gasteiger partial charge is 0.255 e. The Morgan fingerprint density at radius 2 is 1.75 bits per heavy atom. The lowest BCUT2D eigenvalue weighted by molar-refractivity contribution is 0.102. The Morgan fingerprint density at radius 3 is 2.46 bits per heavy atom. The van der Waals surface area contributed by atoms with Crippen molar-refractivity contribution in [1.82, 2.24) is 9.97 Å². The molecule has 140 valence electrons. The Hall–Kier alpha value is -3.60. The first-order valence-corrected chi connectivity index (χ1v) is 9.06. The Labute approximate surface area is 163 Å². The van der Waals surface area contributed by atoms with Crippen molar-refractivity contribution in [3.63, 3.8) is 0 Å². The molecular formula is C23H21N3O2. The van der Waals surface area contributed by atoms with E-state index in [0.717, 1.165) is 33.5 Å². The van der Waals surface area contributed by atoms with E-state index in [-0.39, 0.29) is 5.91 Å². The van der Waals surface area contributed by atoms with Gasteiger partial charge in [-0.25, -0.2) is 4.98 Å². The SMILES string of the molecule is COc1ccc(-c2nc3ccccc3[nH]2)cc1NC(=O)c1cc(C)cc(C)c1. The van der Waals surface area contributed by atoms with E-state index in [1.54, 1.807) is 7.11 Å². The van der Waals surface area contributed by atoms with Gasteiger partial charge in [0.05, 0.1) is 23.8 Å². The van der Waals surface area contributed by atoms with Crippen molar-refractivity contribution in [3.8, 4) is 17.1 Å². The predicted molar refractivity (Wildman–Crippen MR) is 112 cm³/mol. The van der Waals surface area contributed by atoms with Gasteiger partial charge in [0.1, 0.15) is 11.6 Å². The van der Waals surface area contributed by atoms with Crippen LogP contribution in [-0.4, -0.2) is 23.0 Å². The molecule has 0 aliphatic heterocycles. The molecule has 0 radical (unpaired) electrons. The Balaban J connectivity index is 1.69. The van der Waals surface area contributed by atoms with Crippen molar-refractivity contribution in [1.29, 1.82) is 0 Å². The summed E-state index contributed by atoms with van der Waals surface area (Å²) in [6.45, 7) is 3.96. The number of nitrogens with zero attached hydrogens (tertiary/aromatic N) is 1. The maximum Gasteiger partial charge on any atom is 0.255 e. The number of methoxy groups -OCH3 is 1. The number of hydrogen-bond acceptors (Lipinski definition) is 3. The standard InChI is InChI=1S/C23H21N3O2/c1-14-10-15(2)12-17(11-14)23(27)26-20-13-16(8-9-21(20)28-3)22-24-18-6-4-5-7-19(18)25-22/h4-13H,1-3H3,(H,24,25)(H,26,27). The van der Waals surface area contributed by atoms with E-state index in [1.807, 2.05) is 74.5 Å². The van der Waals surface area contributed by atoms with E-state index in [1.165, 1.54) is 0 Å². The number of imidazole rings is 1. The zero-order valence-corrected chi connectivity index (χ0v) is 16.0. The maximum atomic E-state index is 12.8. The molecule has 1 heterocycles. The van der Waals surface area contributed by atoms with Crippen molar-refractivity contribution < 1.29 is 9.53 Å². The number of benzene rings is 3. The van der Waals surface area contributed by atoms with Crippen LogP contribution >= 0.6 is 0 Å². The molecule has 0 aliphatic carbocycles. The fourth-order valence-corrected chi connectivity index (χ4v) is 3.34. The number of H-pyrrole nitrogens is 1. The van der Waals surface area contributed by atoms with Gasteiger partial charge in [0.15, 0.2) is 0 Å². The average Bonchev–Trinajstić information content (AvgIpc) is 3.11. The van der Waals surface area contributed by atoms with E-state index in [2.05, 4.69) is 15.3 Å². The molecule has 5 nitrogen and oxygen atoms in total. The molecule has 0 spiro atoms. The highest BCUT2D eigenvalue weighted by atomic mass is 16.5. The molecule has 0 saturated heterocycles. The van der Waals surface area contributed by atoms with E-state index >= 15 is 0 Å². The number of aromatic amines is 1. The van der Waals surface area contributed by atoms with Gasteiger partial charge in [0, 0.05) is 11.1 Å². The molecular weight excluding hydrogens is 350 g/mol. The second kappa shape index (κ2) is 7.19. The Bertz CT molecular complexity index is 1120. The Kier molecular flexibility index (Phi) is 4.57. The van der Waals surface area contributed by atoms with Crippen LogP contribution in [0.3, 0.4) is 0 Å². The highest BCUT2D eigenvalue weighted by molar-refractivity contribution is 6.05. The largest absolute Gasteiger partial charge is 0.495 e. The molecule has 0 fully saturated rings. The van der Waals surface area contributed by atoms with Crippen LogP contribution < -0.4 is 10.1 Å². The van der Waals surface area contributed by atoms with Crippen LogP contribution in [0.4, 0.5) is 5.69 Å². The molecule has 28 heavy (non-hydrogen) atoms. The van der Waals surface area contributed by atoms with Gasteiger partial charge in [-0.15, -0.1) is 0 Å². The quantitative estimate of drug-likeness (QED) is 0.524. The van der Waals surface area contributed by atoms with Gasteiger partial charge in [-0.1, -0.05) is 29.3 Å². The first-order chi connectivity index (χ1) is 13.5. The molecule has 4 rings (SSSR count). The van der Waals surface area contributed by atoms with Crippen LogP contribution in [0, 0.1) is 13.8 Å². The number of anilines is 1. The number of para-hydroxylation sites is 2. The summed E-state index contributed by atoms with van der Waals surface area (Å²) in [5.41, 5.74) is 6.05. The molecule has 5 heteroatoms. The van der Waals surface area contributed by atoms with E-state index < -0.39 is 0 Å². The lowest BCUT2D eigenvalue weighted by Crippen LogP contribution is -2.13. The zero-order chi connectivity index (χ0) is 19.7. The normalized spacial score (nSPS) is 10.8. The molecule has 0 saturated carbocycles. The minimum atomic E-state index is -0.174. The van der Waals surface area contributed by atoms with Crippen LogP contribution in [-0.2, 0) is 0 Å². The number of carbonyl (C=O) groups is 1. The first-order valence-electron chi connectivity index (χ1n) is 9.06. The average molecular weight is 371 g/mol. The number of aryl methyl sites for hydroxylation is 2. The number of nitrogens with one attached hydrogen (secondary N) is 2. The summed E-state index contributed by atoms with van der Waals surface area (Å²) in [6, 6.07) is 19.3. The van der Waals surface area contributed by atoms with Crippen LogP contribution in [0.1, 0.15) is 21.5 Å². The van der Waals surface area contributed by atoms with Crippen LogP contribution in [0.5, 0.6) is 5.75 Å². The number of ether oxygens (including phenoxy) is 1. The van der Waals surface area contributed by atoms with Crippen molar-refractivity contribution in [2.45, 2.75) is 13.8 Å². The van der Waals surface area contributed by atoms with E-state index in [9.17, 15) is 4.79 Å². The molecule has 0 aliphatic rings. The summed E-state index contributed by atoms with van der Waals surface area (Å²) in [5.74, 6) is 1.16. The van der Waals surface area contributed by atoms with E-state index in [4.69, 9.17) is 4.74 Å². The molecule has 3 aromatic carbocycles. The summed E-state index contributed by atoms with van der Waals surface area (Å²) in [6.07, 6.45) is 0. The molecule has 1 aromatic heterocycles. The number of aromatic nitrogens is 2. The fraction of sp³-hybridized carbons (Fsp3) is 0.130. The highest BCUT2D eigenvalue weighted by Gasteiger charge is 2.13. The van der Waals surface area contributed by atoms with Gasteiger partial charge in [-0.2, -0.15) is 0 Å². The van der Waals surface area contributed by atoms with Gasteiger partial charge in [0.25, 0.3) is 5.91 Å². The maximum absolute atomic E-state index is 12.8. The van der Waals surface area contributed by atoms with Gasteiger partial charge < -0.3 is 15.0 Å². The zero-order valence-electron chi connectivity index (χ0n) is 16.0. The van der Waals surface area contributed by atoms with Gasteiger partial charge in [0.2, 0.25) is 0 Å². The highest BCUT2D eigenvalue weighted by Crippen LogP contribution is 2.31. The summed E-state index contributed by atoms with van der Waals surface area (Å²) >= 11 is 0. The number of hydrogen-bond donors (Lipinski definition) is 2. The molecule has 4 aromatic rings. The molecule has 0 bridgehead atoms. The number of fused-ring (bicyclic) bond motifs is 1. The van der Waals surface area contributed by atoms with Gasteiger partial charge in [-0.3, -0.25) is 4.79 Å². The predicted octanol–water partition coefficient (Wildman–Crippen LogP) is 5.11. The lowest BCUT2D eigenvalue weighted by atomic mass is 10.1. The minimum Gasteiger partial charge on any atom is -0.495 e. The topological polar surface area (TPSA) is 67.0 Å². The molecule has 0 unspecified atom stereocenters. The summed E-state index contributed by atoms with van der Waals surface area (Å²) in [5, 5.41) is 2.97. The van der Waals surface area contributed by atoms with E-state index in [0.29, 0.717) is 17.0 Å². The third kappa shape index (κ3) is 3.47. The van der Waals surface area contributed by atoms with Crippen LogP contribution in [0.15, 0.2) is 60.7 Å². The third-order valence-corrected chi connectivity index (χ3v) is 4.59. The Morgan fingerprint density at radius 1 is 1.00 bits per heavy atom. The number of amides is 1. The van der Waals surface area contributed by atoms with Crippen LogP contribution in [0.25, 0.3) is 22.4 Å². The lowest BCUT2D eigenvalue weighted by Gasteiger charge is -2.12. The summed E-state index contributed by atoms with van der Waals surface area (Å²) < 4.78 is 5.43. The fourth-order valence-electron chi connectivity index (χ4n) is 3.34. The minimum absolute atomic E-state index is 0.174. The molecule has 2 N–H and O–H groups in total. The second-order valence-electron chi connectivity index (χ2n) is 6.85. The van der Waals surface area contributed by atoms with Crippen molar-refractivity contribution in [2.75, 3.05) is 12.4 Å². The van der Waals surface area contributed by atoms with Gasteiger partial charge in [-0.05, 0) is 56.3 Å².